The zero-order chi connectivity index (χ0) is 14.1. The first-order valence-corrected chi connectivity index (χ1v) is 7.00. The highest BCUT2D eigenvalue weighted by Crippen LogP contribution is 2.09. The molecule has 1 heterocycles. The lowest BCUT2D eigenvalue weighted by Gasteiger charge is -2.06. The Morgan fingerprint density at radius 1 is 1.53 bits per heavy atom. The molecule has 0 aromatic carbocycles. The fraction of sp³-hybridized carbons (Fsp3) is 0.385. The molecule has 1 rings (SSSR count). The fourth-order valence-electron chi connectivity index (χ4n) is 1.18. The van der Waals surface area contributed by atoms with Gasteiger partial charge < -0.3 is 15.0 Å². The van der Waals surface area contributed by atoms with Gasteiger partial charge >= 0.3 is 0 Å². The summed E-state index contributed by atoms with van der Waals surface area (Å²) in [5.74, 6) is 0.753. The summed E-state index contributed by atoms with van der Waals surface area (Å²) in [7, 11) is 3.45. The number of hydrogen-bond acceptors (Lipinski definition) is 4. The molecule has 1 aromatic rings. The van der Waals surface area contributed by atoms with E-state index in [1.165, 1.54) is 4.90 Å². The van der Waals surface area contributed by atoms with E-state index in [0.717, 1.165) is 9.45 Å². The highest BCUT2D eigenvalue weighted by Gasteiger charge is 1.96. The fourth-order valence-corrected chi connectivity index (χ4v) is 1.50. The maximum atomic E-state index is 11.2. The third kappa shape index (κ3) is 7.12. The average molecular weight is 375 g/mol. The minimum atomic E-state index is -0.0111. The van der Waals surface area contributed by atoms with E-state index in [1.54, 1.807) is 32.4 Å². The molecule has 0 saturated heterocycles. The molecule has 0 fully saturated rings. The van der Waals surface area contributed by atoms with Crippen molar-refractivity contribution in [2.24, 2.45) is 0 Å². The van der Waals surface area contributed by atoms with Gasteiger partial charge in [0.1, 0.15) is 16.1 Å². The van der Waals surface area contributed by atoms with Gasteiger partial charge in [0, 0.05) is 33.3 Å². The van der Waals surface area contributed by atoms with Crippen molar-refractivity contribution in [3.05, 3.63) is 34.2 Å². The number of carbonyl (C=O) groups excluding carboxylic acids is 1. The summed E-state index contributed by atoms with van der Waals surface area (Å²) < 4.78 is 6.44. The zero-order valence-corrected chi connectivity index (χ0v) is 13.3. The van der Waals surface area contributed by atoms with E-state index in [2.05, 4.69) is 32.9 Å². The van der Waals surface area contributed by atoms with Gasteiger partial charge in [-0.25, -0.2) is 4.98 Å². The van der Waals surface area contributed by atoms with E-state index in [1.807, 2.05) is 12.1 Å². The lowest BCUT2D eigenvalue weighted by atomic mass is 10.4. The van der Waals surface area contributed by atoms with Crippen molar-refractivity contribution in [1.82, 2.24) is 15.2 Å². The van der Waals surface area contributed by atoms with E-state index in [4.69, 9.17) is 4.74 Å². The van der Waals surface area contributed by atoms with Crippen molar-refractivity contribution in [2.75, 3.05) is 33.8 Å². The van der Waals surface area contributed by atoms with Crippen molar-refractivity contribution in [3.8, 4) is 5.75 Å². The minimum Gasteiger partial charge on any atom is -0.491 e. The van der Waals surface area contributed by atoms with Crippen LogP contribution in [0.1, 0.15) is 0 Å². The van der Waals surface area contributed by atoms with Gasteiger partial charge in [0.25, 0.3) is 0 Å². The number of hydrogen-bond donors (Lipinski definition) is 1. The van der Waals surface area contributed by atoms with Gasteiger partial charge in [-0.15, -0.1) is 0 Å². The Kier molecular flexibility index (Phi) is 7.42. The van der Waals surface area contributed by atoms with Gasteiger partial charge in [-0.3, -0.25) is 4.79 Å². The Morgan fingerprint density at radius 2 is 2.32 bits per heavy atom. The maximum Gasteiger partial charge on any atom is 0.245 e. The summed E-state index contributed by atoms with van der Waals surface area (Å²) >= 11 is 2.15. The van der Waals surface area contributed by atoms with Crippen molar-refractivity contribution in [1.29, 1.82) is 0 Å². The molecule has 0 bridgehead atoms. The number of halogens is 1. The van der Waals surface area contributed by atoms with Crippen LogP contribution in [-0.2, 0) is 4.79 Å². The summed E-state index contributed by atoms with van der Waals surface area (Å²) in [6.07, 6.45) is 5.06. The molecule has 104 valence electrons. The number of nitrogens with zero attached hydrogens (tertiary/aromatic N) is 2. The largest absolute Gasteiger partial charge is 0.491 e. The monoisotopic (exact) mass is 375 g/mol. The highest BCUT2D eigenvalue weighted by molar-refractivity contribution is 14.1. The lowest BCUT2D eigenvalue weighted by molar-refractivity contribution is -0.123. The number of carbonyl (C=O) groups is 1. The number of nitrogens with one attached hydrogen (secondary N) is 1. The van der Waals surface area contributed by atoms with Crippen molar-refractivity contribution < 1.29 is 9.53 Å². The van der Waals surface area contributed by atoms with Gasteiger partial charge in [-0.05, 0) is 34.7 Å². The van der Waals surface area contributed by atoms with Gasteiger partial charge in [0.15, 0.2) is 0 Å². The topological polar surface area (TPSA) is 54.5 Å². The van der Waals surface area contributed by atoms with Crippen LogP contribution in [0.5, 0.6) is 5.75 Å². The van der Waals surface area contributed by atoms with E-state index in [0.29, 0.717) is 19.7 Å². The molecular formula is C13H18IN3O2. The third-order valence-electron chi connectivity index (χ3n) is 2.21. The van der Waals surface area contributed by atoms with Crippen LogP contribution in [0.4, 0.5) is 0 Å². The zero-order valence-electron chi connectivity index (χ0n) is 11.1. The molecule has 0 saturated carbocycles. The standard InChI is InChI=1S/C13H18IN3O2/c1-17(2)13(18)4-3-7-15-8-9-19-11-5-6-12(14)16-10-11/h3-6,10,15H,7-9H2,1-2H3. The summed E-state index contributed by atoms with van der Waals surface area (Å²) in [5.41, 5.74) is 0. The predicted molar refractivity (Wildman–Crippen MR) is 83.2 cm³/mol. The molecule has 0 atom stereocenters. The first-order valence-electron chi connectivity index (χ1n) is 5.92. The van der Waals surface area contributed by atoms with Crippen molar-refractivity contribution in [2.45, 2.75) is 0 Å². The molecule has 0 radical (unpaired) electrons. The molecule has 0 aliphatic rings. The number of rotatable bonds is 7. The van der Waals surface area contributed by atoms with E-state index in [-0.39, 0.29) is 5.91 Å². The van der Waals surface area contributed by atoms with Crippen molar-refractivity contribution >= 4 is 28.5 Å². The highest BCUT2D eigenvalue weighted by atomic mass is 127. The van der Waals surface area contributed by atoms with Crippen LogP contribution >= 0.6 is 22.6 Å². The lowest BCUT2D eigenvalue weighted by Crippen LogP contribution is -2.22. The molecule has 6 heteroatoms. The number of aromatic nitrogens is 1. The first-order chi connectivity index (χ1) is 9.09. The van der Waals surface area contributed by atoms with Crippen LogP contribution in [0.15, 0.2) is 30.5 Å². The van der Waals surface area contributed by atoms with E-state index < -0.39 is 0 Å². The van der Waals surface area contributed by atoms with Crippen molar-refractivity contribution in [3.63, 3.8) is 0 Å². The Morgan fingerprint density at radius 3 is 2.95 bits per heavy atom. The molecule has 0 unspecified atom stereocenters. The quantitative estimate of drug-likeness (QED) is 0.338. The Hall–Kier alpha value is -1.15. The summed E-state index contributed by atoms with van der Waals surface area (Å²) in [6.45, 7) is 1.93. The van der Waals surface area contributed by atoms with Crippen LogP contribution in [0.25, 0.3) is 0 Å². The molecule has 0 aliphatic carbocycles. The average Bonchev–Trinajstić information content (AvgIpc) is 2.39. The predicted octanol–water partition coefficient (Wildman–Crippen LogP) is 1.30. The Labute approximate surface area is 127 Å². The Balaban J connectivity index is 2.08. The summed E-state index contributed by atoms with van der Waals surface area (Å²) in [4.78, 5) is 16.9. The van der Waals surface area contributed by atoms with E-state index >= 15 is 0 Å². The number of ether oxygens (including phenoxy) is 1. The Bertz CT molecular complexity index is 418. The van der Waals surface area contributed by atoms with Gasteiger partial charge in [0.05, 0.1) is 6.20 Å². The van der Waals surface area contributed by atoms with Gasteiger partial charge in [0.2, 0.25) is 5.91 Å². The van der Waals surface area contributed by atoms with E-state index in [9.17, 15) is 4.79 Å². The second kappa shape index (κ2) is 8.87. The molecular weight excluding hydrogens is 357 g/mol. The first kappa shape index (κ1) is 15.9. The number of likely N-dealkylation sites (N-methyl/N-ethyl adjacent to an activating group) is 1. The molecule has 1 aromatic heterocycles. The van der Waals surface area contributed by atoms with Crippen LogP contribution in [0.3, 0.4) is 0 Å². The second-order valence-corrected chi connectivity index (χ2v) is 5.11. The molecule has 1 amide bonds. The molecule has 5 nitrogen and oxygen atoms in total. The molecule has 1 N–H and O–H groups in total. The third-order valence-corrected chi connectivity index (χ3v) is 2.85. The van der Waals surface area contributed by atoms with Crippen LogP contribution < -0.4 is 10.1 Å². The molecule has 0 spiro atoms. The SMILES string of the molecule is CN(C)C(=O)C=CCNCCOc1ccc(I)nc1. The van der Waals surface area contributed by atoms with Gasteiger partial charge in [-0.1, -0.05) is 6.08 Å². The smallest absolute Gasteiger partial charge is 0.245 e. The van der Waals surface area contributed by atoms with Crippen LogP contribution in [-0.4, -0.2) is 49.6 Å². The summed E-state index contributed by atoms with van der Waals surface area (Å²) in [6, 6.07) is 3.79. The van der Waals surface area contributed by atoms with Crippen LogP contribution in [0, 0.1) is 3.70 Å². The normalized spacial score (nSPS) is 10.7. The number of amides is 1. The maximum absolute atomic E-state index is 11.2. The second-order valence-electron chi connectivity index (χ2n) is 4.00. The van der Waals surface area contributed by atoms with Gasteiger partial charge in [-0.2, -0.15) is 0 Å². The number of pyridine rings is 1. The summed E-state index contributed by atoms with van der Waals surface area (Å²) in [5, 5.41) is 3.16. The minimum absolute atomic E-state index is 0.0111. The molecule has 19 heavy (non-hydrogen) atoms. The van der Waals surface area contributed by atoms with Crippen LogP contribution in [0.2, 0.25) is 0 Å². The molecule has 0 aliphatic heterocycles.